The van der Waals surface area contributed by atoms with E-state index in [0.29, 0.717) is 11.6 Å². The minimum Gasteiger partial charge on any atom is -0.352 e. The molecule has 0 unspecified atom stereocenters. The summed E-state index contributed by atoms with van der Waals surface area (Å²) < 4.78 is 29.7. The predicted molar refractivity (Wildman–Crippen MR) is 103 cm³/mol. The monoisotopic (exact) mass is 419 g/mol. The Balaban J connectivity index is 1.49. The molecule has 0 aliphatic carbocycles. The molecular formula is C19H18ClN3O4S. The molecule has 0 saturated carbocycles. The number of aromatic nitrogens is 2. The van der Waals surface area contributed by atoms with Crippen LogP contribution in [-0.2, 0) is 33.4 Å². The lowest BCUT2D eigenvalue weighted by atomic mass is 10.2. The van der Waals surface area contributed by atoms with Crippen LogP contribution in [0.1, 0.15) is 23.7 Å². The molecule has 0 aliphatic rings. The fourth-order valence-electron chi connectivity index (χ4n) is 2.44. The number of amides is 1. The summed E-state index contributed by atoms with van der Waals surface area (Å²) in [4.78, 5) is 16.2. The van der Waals surface area contributed by atoms with Gasteiger partial charge >= 0.3 is 0 Å². The van der Waals surface area contributed by atoms with Crippen molar-refractivity contribution < 1.29 is 17.7 Å². The molecule has 1 amide bonds. The van der Waals surface area contributed by atoms with Crippen LogP contribution in [-0.4, -0.2) is 24.5 Å². The molecule has 9 heteroatoms. The van der Waals surface area contributed by atoms with Crippen LogP contribution >= 0.6 is 11.6 Å². The third kappa shape index (κ3) is 5.64. The average Bonchev–Trinajstić information content (AvgIpc) is 3.13. The Morgan fingerprint density at radius 3 is 2.50 bits per heavy atom. The molecule has 0 saturated heterocycles. The molecule has 7 nitrogen and oxygen atoms in total. The molecule has 28 heavy (non-hydrogen) atoms. The van der Waals surface area contributed by atoms with Crippen molar-refractivity contribution in [3.8, 4) is 0 Å². The van der Waals surface area contributed by atoms with Gasteiger partial charge < -0.3 is 9.84 Å². The van der Waals surface area contributed by atoms with Crippen LogP contribution in [0.2, 0.25) is 5.02 Å². The second-order valence-electron chi connectivity index (χ2n) is 6.08. The van der Waals surface area contributed by atoms with Gasteiger partial charge in [-0.15, -0.1) is 0 Å². The number of hydrogen-bond donors (Lipinski definition) is 1. The molecule has 0 aliphatic heterocycles. The highest BCUT2D eigenvalue weighted by Crippen LogP contribution is 2.15. The molecule has 1 heterocycles. The number of nitrogens with zero attached hydrogens (tertiary/aromatic N) is 2. The Hall–Kier alpha value is -2.71. The van der Waals surface area contributed by atoms with Gasteiger partial charge in [0.15, 0.2) is 15.7 Å². The molecule has 0 bridgehead atoms. The summed E-state index contributed by atoms with van der Waals surface area (Å²) >= 11 is 5.82. The van der Waals surface area contributed by atoms with Crippen molar-refractivity contribution in [3.63, 3.8) is 0 Å². The van der Waals surface area contributed by atoms with E-state index in [4.69, 9.17) is 16.1 Å². The zero-order valence-electron chi connectivity index (χ0n) is 14.8. The molecule has 0 spiro atoms. The van der Waals surface area contributed by atoms with Gasteiger partial charge in [-0.2, -0.15) is 4.98 Å². The summed E-state index contributed by atoms with van der Waals surface area (Å²) in [5.41, 5.74) is 0.934. The topological polar surface area (TPSA) is 102 Å². The van der Waals surface area contributed by atoms with E-state index in [9.17, 15) is 13.2 Å². The standard InChI is InChI=1S/C19H18ClN3O4S/c20-15-8-6-14(7-9-15)12-21-18(24)10-11-19-22-17(23-27-19)13-28(25,26)16-4-2-1-3-5-16/h1-9H,10-13H2,(H,21,24). The highest BCUT2D eigenvalue weighted by atomic mass is 35.5. The summed E-state index contributed by atoms with van der Waals surface area (Å²) in [6.07, 6.45) is 0.380. The number of carbonyl (C=O) groups excluding carboxylic acids is 1. The van der Waals surface area contributed by atoms with Crippen LogP contribution in [0, 0.1) is 0 Å². The first-order valence-electron chi connectivity index (χ1n) is 8.53. The third-order valence-electron chi connectivity index (χ3n) is 3.90. The maximum Gasteiger partial charge on any atom is 0.227 e. The highest BCUT2D eigenvalue weighted by Gasteiger charge is 2.19. The lowest BCUT2D eigenvalue weighted by Crippen LogP contribution is -2.23. The Labute approximate surface area is 167 Å². The lowest BCUT2D eigenvalue weighted by Gasteiger charge is -2.04. The fourth-order valence-corrected chi connectivity index (χ4v) is 3.76. The van der Waals surface area contributed by atoms with E-state index in [1.165, 1.54) is 12.1 Å². The van der Waals surface area contributed by atoms with Crippen molar-refractivity contribution in [2.75, 3.05) is 0 Å². The molecule has 1 aromatic heterocycles. The van der Waals surface area contributed by atoms with Gasteiger partial charge in [0.1, 0.15) is 5.75 Å². The fraction of sp³-hybridized carbons (Fsp3) is 0.211. The van der Waals surface area contributed by atoms with Crippen molar-refractivity contribution in [2.45, 2.75) is 30.0 Å². The summed E-state index contributed by atoms with van der Waals surface area (Å²) in [5.74, 6) is -0.240. The Bertz CT molecular complexity index is 1030. The van der Waals surface area contributed by atoms with Gasteiger partial charge in [0.25, 0.3) is 0 Å². The first-order chi connectivity index (χ1) is 13.4. The Kier molecular flexibility index (Phi) is 6.43. The zero-order valence-corrected chi connectivity index (χ0v) is 16.4. The summed E-state index contributed by atoms with van der Waals surface area (Å²) in [6, 6.07) is 15.2. The third-order valence-corrected chi connectivity index (χ3v) is 5.78. The Morgan fingerprint density at radius 2 is 1.79 bits per heavy atom. The molecular weight excluding hydrogens is 402 g/mol. The molecule has 0 radical (unpaired) electrons. The Morgan fingerprint density at radius 1 is 1.07 bits per heavy atom. The zero-order chi connectivity index (χ0) is 20.0. The number of sulfone groups is 1. The van der Waals surface area contributed by atoms with Gasteiger partial charge in [0.2, 0.25) is 11.8 Å². The quantitative estimate of drug-likeness (QED) is 0.602. The maximum atomic E-state index is 12.3. The molecule has 3 rings (SSSR count). The van der Waals surface area contributed by atoms with E-state index in [-0.39, 0.29) is 41.1 Å². The van der Waals surface area contributed by atoms with Crippen LogP contribution in [0.15, 0.2) is 64.0 Å². The number of rotatable bonds is 8. The van der Waals surface area contributed by atoms with Gasteiger partial charge in [-0.3, -0.25) is 4.79 Å². The van der Waals surface area contributed by atoms with Crippen LogP contribution < -0.4 is 5.32 Å². The maximum absolute atomic E-state index is 12.3. The van der Waals surface area contributed by atoms with Crippen molar-refractivity contribution in [3.05, 3.63) is 76.9 Å². The number of carbonyl (C=O) groups is 1. The van der Waals surface area contributed by atoms with Gasteiger partial charge in [-0.05, 0) is 29.8 Å². The second-order valence-corrected chi connectivity index (χ2v) is 8.51. The number of aryl methyl sites for hydroxylation is 1. The van der Waals surface area contributed by atoms with Gasteiger partial charge in [0, 0.05) is 24.4 Å². The first-order valence-corrected chi connectivity index (χ1v) is 10.6. The summed E-state index contributed by atoms with van der Waals surface area (Å²) in [7, 11) is -3.55. The molecule has 1 N–H and O–H groups in total. The molecule has 2 aromatic carbocycles. The molecule has 146 valence electrons. The van der Waals surface area contributed by atoms with Crippen molar-refractivity contribution in [1.82, 2.24) is 15.5 Å². The van der Waals surface area contributed by atoms with Gasteiger partial charge in [-0.25, -0.2) is 8.42 Å². The van der Waals surface area contributed by atoms with E-state index < -0.39 is 9.84 Å². The number of hydrogen-bond acceptors (Lipinski definition) is 6. The highest BCUT2D eigenvalue weighted by molar-refractivity contribution is 7.90. The molecule has 0 atom stereocenters. The van der Waals surface area contributed by atoms with Crippen molar-refractivity contribution in [1.29, 1.82) is 0 Å². The van der Waals surface area contributed by atoms with Crippen LogP contribution in [0.25, 0.3) is 0 Å². The number of halogens is 1. The lowest BCUT2D eigenvalue weighted by molar-refractivity contribution is -0.121. The number of benzene rings is 2. The van der Waals surface area contributed by atoms with Gasteiger partial charge in [-0.1, -0.05) is 47.1 Å². The first kappa shape index (κ1) is 20.0. The number of nitrogens with one attached hydrogen (secondary N) is 1. The molecule has 0 fully saturated rings. The van der Waals surface area contributed by atoms with E-state index in [0.717, 1.165) is 5.56 Å². The van der Waals surface area contributed by atoms with Crippen molar-refractivity contribution in [2.24, 2.45) is 0 Å². The average molecular weight is 420 g/mol. The smallest absolute Gasteiger partial charge is 0.227 e. The summed E-state index contributed by atoms with van der Waals surface area (Å²) in [5, 5.41) is 7.12. The van der Waals surface area contributed by atoms with E-state index in [1.807, 2.05) is 12.1 Å². The van der Waals surface area contributed by atoms with Gasteiger partial charge in [0.05, 0.1) is 4.90 Å². The summed E-state index contributed by atoms with van der Waals surface area (Å²) in [6.45, 7) is 0.389. The van der Waals surface area contributed by atoms with Crippen molar-refractivity contribution >= 4 is 27.3 Å². The predicted octanol–water partition coefficient (Wildman–Crippen LogP) is 2.95. The van der Waals surface area contributed by atoms with E-state index >= 15 is 0 Å². The molecule has 3 aromatic rings. The normalized spacial score (nSPS) is 11.3. The van der Waals surface area contributed by atoms with Crippen LogP contribution in [0.5, 0.6) is 0 Å². The second kappa shape index (κ2) is 8.99. The van der Waals surface area contributed by atoms with E-state index in [1.54, 1.807) is 30.3 Å². The van der Waals surface area contributed by atoms with Crippen LogP contribution in [0.4, 0.5) is 0 Å². The SMILES string of the molecule is O=C(CCc1nc(CS(=O)(=O)c2ccccc2)no1)NCc1ccc(Cl)cc1. The minimum atomic E-state index is -3.55. The largest absolute Gasteiger partial charge is 0.352 e. The van der Waals surface area contributed by atoms with Crippen LogP contribution in [0.3, 0.4) is 0 Å². The minimum absolute atomic E-state index is 0.0698. The van der Waals surface area contributed by atoms with E-state index in [2.05, 4.69) is 15.5 Å².